The van der Waals surface area contributed by atoms with E-state index in [2.05, 4.69) is 0 Å². The summed E-state index contributed by atoms with van der Waals surface area (Å²) in [5.41, 5.74) is 0.970. The molecule has 6 heteroatoms. The van der Waals surface area contributed by atoms with Crippen LogP contribution in [0.25, 0.3) is 0 Å². The van der Waals surface area contributed by atoms with Crippen LogP contribution >= 0.6 is 0 Å². The minimum Gasteiger partial charge on any atom is -0.378 e. The number of likely N-dealkylation sites (tertiary alicyclic amines) is 1. The summed E-state index contributed by atoms with van der Waals surface area (Å²) in [5, 5.41) is 0. The number of hydrogen-bond donors (Lipinski definition) is 0. The Kier molecular flexibility index (Phi) is 6.25. The summed E-state index contributed by atoms with van der Waals surface area (Å²) < 4.78 is 18.5. The van der Waals surface area contributed by atoms with Crippen LogP contribution in [0.15, 0.2) is 24.3 Å². The molecule has 0 aromatic heterocycles. The third-order valence-corrected chi connectivity index (χ3v) is 5.44. The van der Waals surface area contributed by atoms with Gasteiger partial charge in [0.15, 0.2) is 0 Å². The van der Waals surface area contributed by atoms with E-state index in [9.17, 15) is 14.0 Å². The Labute approximate surface area is 154 Å². The zero-order valence-electron chi connectivity index (χ0n) is 15.3. The molecule has 1 aromatic carbocycles. The van der Waals surface area contributed by atoms with E-state index < -0.39 is 0 Å². The van der Waals surface area contributed by atoms with Gasteiger partial charge in [-0.2, -0.15) is 0 Å². The molecular weight excluding hydrogens is 335 g/mol. The molecule has 2 saturated heterocycles. The molecule has 0 radical (unpaired) electrons. The number of rotatable bonds is 5. The van der Waals surface area contributed by atoms with Crippen LogP contribution in [0.5, 0.6) is 0 Å². The zero-order chi connectivity index (χ0) is 18.5. The van der Waals surface area contributed by atoms with Crippen LogP contribution in [-0.2, 0) is 14.3 Å². The van der Waals surface area contributed by atoms with E-state index in [1.807, 2.05) is 11.8 Å². The molecule has 0 saturated carbocycles. The quantitative estimate of drug-likeness (QED) is 0.809. The van der Waals surface area contributed by atoms with Gasteiger partial charge >= 0.3 is 0 Å². The number of carbonyl (C=O) groups is 2. The maximum atomic E-state index is 13.2. The number of morpholine rings is 1. The topological polar surface area (TPSA) is 49.9 Å². The van der Waals surface area contributed by atoms with Gasteiger partial charge in [0, 0.05) is 26.1 Å². The predicted octanol–water partition coefficient (Wildman–Crippen LogP) is 2.56. The minimum atomic E-state index is -0.341. The molecule has 2 amide bonds. The second kappa shape index (κ2) is 8.62. The Morgan fingerprint density at radius 3 is 2.54 bits per heavy atom. The number of hydrogen-bond acceptors (Lipinski definition) is 3. The van der Waals surface area contributed by atoms with E-state index in [-0.39, 0.29) is 29.6 Å². The molecule has 2 fully saturated rings. The fraction of sp³-hybridized carbons (Fsp3) is 0.600. The van der Waals surface area contributed by atoms with Gasteiger partial charge in [0.05, 0.1) is 13.2 Å². The van der Waals surface area contributed by atoms with Crippen molar-refractivity contribution >= 4 is 11.8 Å². The van der Waals surface area contributed by atoms with Crippen LogP contribution in [-0.4, -0.2) is 60.5 Å². The van der Waals surface area contributed by atoms with Crippen LogP contribution in [0.3, 0.4) is 0 Å². The summed E-state index contributed by atoms with van der Waals surface area (Å²) in [6, 6.07) is 6.02. The highest BCUT2D eigenvalue weighted by Crippen LogP contribution is 2.27. The molecule has 2 atom stereocenters. The molecule has 0 spiro atoms. The van der Waals surface area contributed by atoms with Crippen molar-refractivity contribution in [2.45, 2.75) is 44.6 Å². The number of carbonyl (C=O) groups excluding carboxylic acids is 2. The Hall–Kier alpha value is -1.95. The Morgan fingerprint density at radius 1 is 1.19 bits per heavy atom. The van der Waals surface area contributed by atoms with E-state index in [0.717, 1.165) is 24.8 Å². The molecular formula is C20H27FN2O3. The highest BCUT2D eigenvalue weighted by molar-refractivity contribution is 5.88. The smallest absolute Gasteiger partial charge is 0.245 e. The lowest BCUT2D eigenvalue weighted by Crippen LogP contribution is -2.51. The highest BCUT2D eigenvalue weighted by Gasteiger charge is 2.37. The van der Waals surface area contributed by atoms with Crippen LogP contribution in [0.2, 0.25) is 0 Å². The van der Waals surface area contributed by atoms with Crippen molar-refractivity contribution in [1.82, 2.24) is 9.80 Å². The number of benzene rings is 1. The fourth-order valence-corrected chi connectivity index (χ4v) is 3.88. The fourth-order valence-electron chi connectivity index (χ4n) is 3.88. The van der Waals surface area contributed by atoms with E-state index in [1.165, 1.54) is 12.1 Å². The summed E-state index contributed by atoms with van der Waals surface area (Å²) in [7, 11) is 0. The standard InChI is InChI=1S/C20H27FN2O3/c1-2-15(16-5-7-17(21)8-6-16)14-19(24)23-9-3-4-18(23)20(25)22-10-12-26-13-11-22/h5-8,15,18H,2-4,9-14H2,1H3/t15?,18-/m1/s1. The molecule has 2 heterocycles. The molecule has 0 aliphatic carbocycles. The molecule has 0 N–H and O–H groups in total. The van der Waals surface area contributed by atoms with Crippen molar-refractivity contribution in [3.8, 4) is 0 Å². The van der Waals surface area contributed by atoms with Crippen molar-refractivity contribution in [3.63, 3.8) is 0 Å². The van der Waals surface area contributed by atoms with Gasteiger partial charge in [0.25, 0.3) is 0 Å². The van der Waals surface area contributed by atoms with Gasteiger partial charge in [0.1, 0.15) is 11.9 Å². The molecule has 1 unspecified atom stereocenters. The van der Waals surface area contributed by atoms with Gasteiger partial charge in [-0.25, -0.2) is 4.39 Å². The van der Waals surface area contributed by atoms with Crippen molar-refractivity contribution in [2.75, 3.05) is 32.8 Å². The number of halogens is 1. The summed E-state index contributed by atoms with van der Waals surface area (Å²) >= 11 is 0. The van der Waals surface area contributed by atoms with Crippen LogP contribution in [0.1, 0.15) is 44.1 Å². The first-order valence-corrected chi connectivity index (χ1v) is 9.51. The van der Waals surface area contributed by atoms with Crippen molar-refractivity contribution < 1.29 is 18.7 Å². The molecule has 2 aliphatic heterocycles. The van der Waals surface area contributed by atoms with Crippen molar-refractivity contribution in [2.24, 2.45) is 0 Å². The molecule has 1 aromatic rings. The van der Waals surface area contributed by atoms with Crippen molar-refractivity contribution in [3.05, 3.63) is 35.6 Å². The lowest BCUT2D eigenvalue weighted by atomic mass is 9.92. The molecule has 0 bridgehead atoms. The van der Waals surface area contributed by atoms with E-state index in [0.29, 0.717) is 39.3 Å². The summed E-state index contributed by atoms with van der Waals surface area (Å²) in [6.45, 7) is 5.00. The van der Waals surface area contributed by atoms with Gasteiger partial charge in [-0.05, 0) is 42.9 Å². The monoisotopic (exact) mass is 362 g/mol. The third kappa shape index (κ3) is 4.23. The second-order valence-electron chi connectivity index (χ2n) is 7.04. The van der Waals surface area contributed by atoms with E-state index in [1.54, 1.807) is 17.0 Å². The Morgan fingerprint density at radius 2 is 1.88 bits per heavy atom. The average molecular weight is 362 g/mol. The zero-order valence-corrected chi connectivity index (χ0v) is 15.3. The SMILES string of the molecule is CCC(CC(=O)N1CCC[C@@H]1C(=O)N1CCOCC1)c1ccc(F)cc1. The number of ether oxygens (including phenoxy) is 1. The second-order valence-corrected chi connectivity index (χ2v) is 7.04. The lowest BCUT2D eigenvalue weighted by Gasteiger charge is -2.33. The first-order chi connectivity index (χ1) is 12.6. The average Bonchev–Trinajstić information content (AvgIpc) is 3.17. The predicted molar refractivity (Wildman–Crippen MR) is 96.2 cm³/mol. The molecule has 2 aliphatic rings. The molecule has 142 valence electrons. The third-order valence-electron chi connectivity index (χ3n) is 5.44. The van der Waals surface area contributed by atoms with Crippen LogP contribution in [0, 0.1) is 5.82 Å². The van der Waals surface area contributed by atoms with Gasteiger partial charge < -0.3 is 14.5 Å². The van der Waals surface area contributed by atoms with Gasteiger partial charge in [0.2, 0.25) is 11.8 Å². The maximum absolute atomic E-state index is 13.2. The normalized spacial score (nSPS) is 21.7. The largest absolute Gasteiger partial charge is 0.378 e. The van der Waals surface area contributed by atoms with Crippen LogP contribution < -0.4 is 0 Å². The van der Waals surface area contributed by atoms with Gasteiger partial charge in [-0.1, -0.05) is 19.1 Å². The molecule has 26 heavy (non-hydrogen) atoms. The Balaban J connectivity index is 1.65. The molecule has 5 nitrogen and oxygen atoms in total. The van der Waals surface area contributed by atoms with Gasteiger partial charge in [-0.3, -0.25) is 9.59 Å². The lowest BCUT2D eigenvalue weighted by molar-refractivity contribution is -0.146. The Bertz CT molecular complexity index is 628. The number of amides is 2. The first-order valence-electron chi connectivity index (χ1n) is 9.51. The summed E-state index contributed by atoms with van der Waals surface area (Å²) in [6.07, 6.45) is 2.75. The van der Waals surface area contributed by atoms with E-state index in [4.69, 9.17) is 4.74 Å². The highest BCUT2D eigenvalue weighted by atomic mass is 19.1. The maximum Gasteiger partial charge on any atom is 0.245 e. The minimum absolute atomic E-state index is 0.0188. The van der Waals surface area contributed by atoms with Crippen LogP contribution in [0.4, 0.5) is 4.39 Å². The van der Waals surface area contributed by atoms with Crippen molar-refractivity contribution in [1.29, 1.82) is 0 Å². The van der Waals surface area contributed by atoms with Gasteiger partial charge in [-0.15, -0.1) is 0 Å². The summed E-state index contributed by atoms with van der Waals surface area (Å²) in [5.74, 6) is -0.159. The molecule has 3 rings (SSSR count). The van der Waals surface area contributed by atoms with E-state index >= 15 is 0 Å². The first kappa shape index (κ1) is 18.8. The summed E-state index contributed by atoms with van der Waals surface area (Å²) in [4.78, 5) is 29.3. The number of nitrogens with zero attached hydrogens (tertiary/aromatic N) is 2.